The maximum absolute atomic E-state index is 13.6. The second kappa shape index (κ2) is 5.53. The van der Waals surface area contributed by atoms with Crippen LogP contribution in [0.2, 0.25) is 0 Å². The predicted molar refractivity (Wildman–Crippen MR) is 72.0 cm³/mol. The van der Waals surface area contributed by atoms with E-state index in [1.165, 1.54) is 6.07 Å². The first-order valence-electron chi connectivity index (χ1n) is 6.53. The summed E-state index contributed by atoms with van der Waals surface area (Å²) in [5.41, 5.74) is 0.360. The van der Waals surface area contributed by atoms with Crippen molar-refractivity contribution >= 4 is 11.0 Å². The first kappa shape index (κ1) is 13.1. The quantitative estimate of drug-likeness (QED) is 0.856. The van der Waals surface area contributed by atoms with Crippen LogP contribution in [0.1, 0.15) is 39.0 Å². The Kier molecular flexibility index (Phi) is 4.02. The van der Waals surface area contributed by atoms with Crippen LogP contribution in [0, 0.1) is 11.7 Å². The monoisotopic (exact) mass is 249 g/mol. The van der Waals surface area contributed by atoms with E-state index in [2.05, 4.69) is 26.1 Å². The van der Waals surface area contributed by atoms with E-state index in [1.807, 2.05) is 12.1 Å². The Bertz CT molecular complexity index is 518. The molecule has 1 N–H and O–H groups in total. The summed E-state index contributed by atoms with van der Waals surface area (Å²) in [5.74, 6) is 1.09. The molecule has 18 heavy (non-hydrogen) atoms. The lowest BCUT2D eigenvalue weighted by Gasteiger charge is -2.17. The van der Waals surface area contributed by atoms with Crippen molar-refractivity contribution in [3.05, 3.63) is 35.8 Å². The number of nitrogens with one attached hydrogen (secondary N) is 1. The molecule has 0 saturated carbocycles. The Morgan fingerprint density at radius 2 is 2.11 bits per heavy atom. The third-order valence-corrected chi connectivity index (χ3v) is 3.02. The normalized spacial score (nSPS) is 13.4. The first-order chi connectivity index (χ1) is 8.61. The van der Waals surface area contributed by atoms with E-state index in [0.717, 1.165) is 24.1 Å². The molecule has 0 amide bonds. The van der Waals surface area contributed by atoms with Crippen LogP contribution in [0.4, 0.5) is 4.39 Å². The zero-order valence-corrected chi connectivity index (χ0v) is 11.2. The average Bonchev–Trinajstić information content (AvgIpc) is 2.73. The van der Waals surface area contributed by atoms with Gasteiger partial charge in [-0.25, -0.2) is 4.39 Å². The zero-order valence-electron chi connectivity index (χ0n) is 11.2. The topological polar surface area (TPSA) is 25.2 Å². The average molecular weight is 249 g/mol. The Labute approximate surface area is 107 Å². The SMILES string of the molecule is CCNC(CC(C)C)c1cc2cccc(F)c2o1. The number of benzene rings is 1. The molecule has 0 aliphatic heterocycles. The van der Waals surface area contributed by atoms with Gasteiger partial charge in [0.05, 0.1) is 6.04 Å². The third-order valence-electron chi connectivity index (χ3n) is 3.02. The lowest BCUT2D eigenvalue weighted by molar-refractivity contribution is 0.373. The van der Waals surface area contributed by atoms with Gasteiger partial charge in [0.15, 0.2) is 11.4 Å². The first-order valence-corrected chi connectivity index (χ1v) is 6.53. The minimum atomic E-state index is -0.293. The van der Waals surface area contributed by atoms with Crippen LogP contribution >= 0.6 is 0 Å². The molecule has 0 bridgehead atoms. The fraction of sp³-hybridized carbons (Fsp3) is 0.467. The maximum Gasteiger partial charge on any atom is 0.169 e. The lowest BCUT2D eigenvalue weighted by Crippen LogP contribution is -2.21. The van der Waals surface area contributed by atoms with Crippen LogP contribution < -0.4 is 5.32 Å². The van der Waals surface area contributed by atoms with E-state index in [9.17, 15) is 4.39 Å². The molecule has 3 heteroatoms. The second-order valence-electron chi connectivity index (χ2n) is 5.05. The van der Waals surface area contributed by atoms with Crippen molar-refractivity contribution in [3.63, 3.8) is 0 Å². The summed E-state index contributed by atoms with van der Waals surface area (Å²) >= 11 is 0. The summed E-state index contributed by atoms with van der Waals surface area (Å²) in [6, 6.07) is 7.11. The molecule has 2 aromatic rings. The Morgan fingerprint density at radius 1 is 1.33 bits per heavy atom. The highest BCUT2D eigenvalue weighted by atomic mass is 19.1. The van der Waals surface area contributed by atoms with Gasteiger partial charge in [-0.05, 0) is 31.0 Å². The standard InChI is InChI=1S/C15H20FNO/c1-4-17-13(8-10(2)3)14-9-11-6-5-7-12(16)15(11)18-14/h5-7,9-10,13,17H,4,8H2,1-3H3. The summed E-state index contributed by atoms with van der Waals surface area (Å²) in [6.07, 6.45) is 0.981. The number of para-hydroxylation sites is 1. The predicted octanol–water partition coefficient (Wildman–Crippen LogP) is 4.27. The number of furan rings is 1. The molecular formula is C15H20FNO. The van der Waals surface area contributed by atoms with Gasteiger partial charge in [-0.3, -0.25) is 0 Å². The van der Waals surface area contributed by atoms with Crippen molar-refractivity contribution in [1.29, 1.82) is 0 Å². The number of rotatable bonds is 5. The molecule has 0 fully saturated rings. The maximum atomic E-state index is 13.6. The lowest BCUT2D eigenvalue weighted by atomic mass is 10.0. The van der Waals surface area contributed by atoms with Crippen LogP contribution in [0.3, 0.4) is 0 Å². The molecule has 1 aromatic heterocycles. The second-order valence-corrected chi connectivity index (χ2v) is 5.05. The number of hydrogen-bond acceptors (Lipinski definition) is 2. The number of halogens is 1. The van der Waals surface area contributed by atoms with E-state index in [-0.39, 0.29) is 11.9 Å². The van der Waals surface area contributed by atoms with Crippen LogP contribution in [-0.2, 0) is 0 Å². The van der Waals surface area contributed by atoms with Crippen molar-refractivity contribution in [3.8, 4) is 0 Å². The van der Waals surface area contributed by atoms with Gasteiger partial charge in [-0.15, -0.1) is 0 Å². The van der Waals surface area contributed by atoms with E-state index >= 15 is 0 Å². The third kappa shape index (κ3) is 2.72. The molecule has 1 atom stereocenters. The van der Waals surface area contributed by atoms with Gasteiger partial charge in [0.2, 0.25) is 0 Å². The van der Waals surface area contributed by atoms with Crippen LogP contribution in [0.5, 0.6) is 0 Å². The van der Waals surface area contributed by atoms with Gasteiger partial charge >= 0.3 is 0 Å². The largest absolute Gasteiger partial charge is 0.456 e. The number of fused-ring (bicyclic) bond motifs is 1. The fourth-order valence-electron chi connectivity index (χ4n) is 2.24. The molecule has 1 unspecified atom stereocenters. The van der Waals surface area contributed by atoms with E-state index in [4.69, 9.17) is 4.42 Å². The van der Waals surface area contributed by atoms with Crippen molar-refractivity contribution in [2.45, 2.75) is 33.2 Å². The highest BCUT2D eigenvalue weighted by Gasteiger charge is 2.17. The van der Waals surface area contributed by atoms with Crippen LogP contribution in [0.25, 0.3) is 11.0 Å². The van der Waals surface area contributed by atoms with Gasteiger partial charge in [0.1, 0.15) is 5.76 Å². The summed E-state index contributed by atoms with van der Waals surface area (Å²) in [6.45, 7) is 7.29. The van der Waals surface area contributed by atoms with Gasteiger partial charge in [0.25, 0.3) is 0 Å². The van der Waals surface area contributed by atoms with Crippen LogP contribution in [-0.4, -0.2) is 6.54 Å². The van der Waals surface area contributed by atoms with Gasteiger partial charge in [-0.1, -0.05) is 32.9 Å². The number of hydrogen-bond donors (Lipinski definition) is 1. The van der Waals surface area contributed by atoms with Gasteiger partial charge < -0.3 is 9.73 Å². The molecular weight excluding hydrogens is 229 g/mol. The zero-order chi connectivity index (χ0) is 13.1. The molecule has 2 nitrogen and oxygen atoms in total. The minimum Gasteiger partial charge on any atom is -0.456 e. The molecule has 0 radical (unpaired) electrons. The highest BCUT2D eigenvalue weighted by Crippen LogP contribution is 2.29. The van der Waals surface area contributed by atoms with Crippen molar-refractivity contribution in [1.82, 2.24) is 5.32 Å². The van der Waals surface area contributed by atoms with Crippen molar-refractivity contribution < 1.29 is 8.81 Å². The van der Waals surface area contributed by atoms with Crippen LogP contribution in [0.15, 0.2) is 28.7 Å². The van der Waals surface area contributed by atoms with Gasteiger partial charge in [-0.2, -0.15) is 0 Å². The van der Waals surface area contributed by atoms with E-state index < -0.39 is 0 Å². The molecule has 0 aliphatic carbocycles. The summed E-state index contributed by atoms with van der Waals surface area (Å²) in [7, 11) is 0. The Morgan fingerprint density at radius 3 is 2.72 bits per heavy atom. The van der Waals surface area contributed by atoms with Crippen molar-refractivity contribution in [2.24, 2.45) is 5.92 Å². The molecule has 0 aliphatic rings. The molecule has 0 saturated heterocycles. The van der Waals surface area contributed by atoms with E-state index in [0.29, 0.717) is 11.5 Å². The minimum absolute atomic E-state index is 0.154. The van der Waals surface area contributed by atoms with E-state index in [1.54, 1.807) is 6.07 Å². The summed E-state index contributed by atoms with van der Waals surface area (Å²) in [4.78, 5) is 0. The molecule has 1 aromatic carbocycles. The molecule has 0 spiro atoms. The smallest absolute Gasteiger partial charge is 0.169 e. The van der Waals surface area contributed by atoms with Gasteiger partial charge in [0, 0.05) is 5.39 Å². The molecule has 2 rings (SSSR count). The summed E-state index contributed by atoms with van der Waals surface area (Å²) < 4.78 is 19.3. The Balaban J connectivity index is 2.35. The fourth-order valence-corrected chi connectivity index (χ4v) is 2.24. The van der Waals surface area contributed by atoms with Crippen molar-refractivity contribution in [2.75, 3.05) is 6.54 Å². The Hall–Kier alpha value is -1.35. The molecule has 98 valence electrons. The highest BCUT2D eigenvalue weighted by molar-refractivity contribution is 5.78. The molecule has 1 heterocycles. The summed E-state index contributed by atoms with van der Waals surface area (Å²) in [5, 5.41) is 4.22.